The number of nitrogens with one attached hydrogen (secondary N) is 2. The second-order valence-electron chi connectivity index (χ2n) is 5.75. The minimum absolute atomic E-state index is 0.0321. The second-order valence-corrected chi connectivity index (χ2v) is 5.75. The summed E-state index contributed by atoms with van der Waals surface area (Å²) in [5.41, 5.74) is 1.05. The molecule has 0 bridgehead atoms. The molecule has 3 aromatic rings. The lowest BCUT2D eigenvalue weighted by molar-refractivity contribution is -0.152. The maximum absolute atomic E-state index is 13.6. The molecule has 3 rings (SSSR count). The third-order valence-corrected chi connectivity index (χ3v) is 3.90. The third-order valence-electron chi connectivity index (χ3n) is 3.90. The van der Waals surface area contributed by atoms with Gasteiger partial charge in [-0.15, -0.1) is 0 Å². The Morgan fingerprint density at radius 3 is 2.54 bits per heavy atom. The molecule has 1 amide bonds. The molecule has 0 saturated carbocycles. The van der Waals surface area contributed by atoms with Gasteiger partial charge >= 0.3 is 5.97 Å². The van der Waals surface area contributed by atoms with E-state index in [1.807, 2.05) is 24.3 Å². The molecule has 0 aliphatic carbocycles. The molecular weight excluding hydrogens is 342 g/mol. The summed E-state index contributed by atoms with van der Waals surface area (Å²) in [5, 5.41) is 2.98. The lowest BCUT2D eigenvalue weighted by Crippen LogP contribution is -2.31. The van der Waals surface area contributed by atoms with Crippen LogP contribution >= 0.6 is 0 Å². The molecular formula is C19H16F2N2O3. The highest BCUT2D eigenvalue weighted by Crippen LogP contribution is 2.20. The van der Waals surface area contributed by atoms with Gasteiger partial charge in [0, 0.05) is 17.1 Å². The Labute approximate surface area is 148 Å². The number of hydrogen-bond acceptors (Lipinski definition) is 3. The van der Waals surface area contributed by atoms with Gasteiger partial charge in [-0.1, -0.05) is 24.3 Å². The number of ether oxygens (including phenoxy) is 1. The number of anilines is 1. The molecule has 5 nitrogen and oxygen atoms in total. The van der Waals surface area contributed by atoms with Crippen molar-refractivity contribution in [3.05, 3.63) is 65.9 Å². The van der Waals surface area contributed by atoms with E-state index >= 15 is 0 Å². The van der Waals surface area contributed by atoms with Crippen LogP contribution in [-0.2, 0) is 20.7 Å². The van der Waals surface area contributed by atoms with Gasteiger partial charge in [0.05, 0.1) is 6.42 Å². The van der Waals surface area contributed by atoms with Gasteiger partial charge in [-0.25, -0.2) is 8.78 Å². The molecule has 0 radical (unpaired) electrons. The fourth-order valence-electron chi connectivity index (χ4n) is 2.57. The van der Waals surface area contributed by atoms with Crippen LogP contribution in [0.1, 0.15) is 12.5 Å². The molecule has 134 valence electrons. The van der Waals surface area contributed by atoms with Gasteiger partial charge in [-0.3, -0.25) is 9.59 Å². The zero-order valence-corrected chi connectivity index (χ0v) is 13.9. The fourth-order valence-corrected chi connectivity index (χ4v) is 2.57. The number of rotatable bonds is 5. The van der Waals surface area contributed by atoms with Crippen molar-refractivity contribution in [3.63, 3.8) is 0 Å². The van der Waals surface area contributed by atoms with Crippen molar-refractivity contribution in [1.82, 2.24) is 4.98 Å². The summed E-state index contributed by atoms with van der Waals surface area (Å²) < 4.78 is 32.2. The standard InChI is InChI=1S/C19H16F2N2O3/c1-11(19(25)23-18-14(20)6-4-7-15(18)21)26-17(24)9-12-10-22-16-8-3-2-5-13(12)16/h2-8,10-11,22H,9H2,1H3,(H,23,25). The van der Waals surface area contributed by atoms with E-state index in [2.05, 4.69) is 10.3 Å². The Hall–Kier alpha value is -3.22. The van der Waals surface area contributed by atoms with E-state index in [0.717, 1.165) is 28.6 Å². The molecule has 2 aromatic carbocycles. The molecule has 0 saturated heterocycles. The summed E-state index contributed by atoms with van der Waals surface area (Å²) in [5.74, 6) is -3.25. The van der Waals surface area contributed by atoms with Gasteiger partial charge in [0.1, 0.15) is 17.3 Å². The first-order valence-electron chi connectivity index (χ1n) is 7.95. The number of carbonyl (C=O) groups is 2. The van der Waals surface area contributed by atoms with Gasteiger partial charge in [-0.05, 0) is 30.7 Å². The van der Waals surface area contributed by atoms with Crippen LogP contribution in [0.2, 0.25) is 0 Å². The van der Waals surface area contributed by atoms with E-state index in [0.29, 0.717) is 0 Å². The predicted molar refractivity (Wildman–Crippen MR) is 92.5 cm³/mol. The van der Waals surface area contributed by atoms with E-state index < -0.39 is 35.3 Å². The summed E-state index contributed by atoms with van der Waals surface area (Å²) in [6, 6.07) is 10.7. The molecule has 1 heterocycles. The lowest BCUT2D eigenvalue weighted by Gasteiger charge is -2.14. The monoisotopic (exact) mass is 358 g/mol. The van der Waals surface area contributed by atoms with E-state index in [4.69, 9.17) is 4.74 Å². The summed E-state index contributed by atoms with van der Waals surface area (Å²) in [6.07, 6.45) is 0.466. The molecule has 0 aliphatic heterocycles. The average molecular weight is 358 g/mol. The van der Waals surface area contributed by atoms with Gasteiger partial charge in [-0.2, -0.15) is 0 Å². The minimum atomic E-state index is -1.20. The number of H-pyrrole nitrogens is 1. The number of para-hydroxylation sites is 2. The van der Waals surface area contributed by atoms with Gasteiger partial charge < -0.3 is 15.0 Å². The quantitative estimate of drug-likeness (QED) is 0.685. The van der Waals surface area contributed by atoms with Crippen molar-refractivity contribution in [2.45, 2.75) is 19.4 Å². The lowest BCUT2D eigenvalue weighted by atomic mass is 10.1. The number of esters is 1. The Morgan fingerprint density at radius 1 is 1.12 bits per heavy atom. The van der Waals surface area contributed by atoms with Crippen LogP contribution in [0.15, 0.2) is 48.7 Å². The topological polar surface area (TPSA) is 71.2 Å². The number of aromatic amines is 1. The highest BCUT2D eigenvalue weighted by atomic mass is 19.1. The molecule has 1 unspecified atom stereocenters. The van der Waals surface area contributed by atoms with Crippen LogP contribution in [0.3, 0.4) is 0 Å². The van der Waals surface area contributed by atoms with Crippen molar-refractivity contribution in [2.75, 3.05) is 5.32 Å². The molecule has 7 heteroatoms. The summed E-state index contributed by atoms with van der Waals surface area (Å²) in [4.78, 5) is 27.2. The van der Waals surface area contributed by atoms with E-state index in [1.54, 1.807) is 6.20 Å². The zero-order chi connectivity index (χ0) is 18.7. The molecule has 2 N–H and O–H groups in total. The second kappa shape index (κ2) is 7.35. The summed E-state index contributed by atoms with van der Waals surface area (Å²) >= 11 is 0. The summed E-state index contributed by atoms with van der Waals surface area (Å²) in [6.45, 7) is 1.33. The Morgan fingerprint density at radius 2 is 1.81 bits per heavy atom. The van der Waals surface area contributed by atoms with Crippen LogP contribution < -0.4 is 5.32 Å². The highest BCUT2D eigenvalue weighted by Gasteiger charge is 2.21. The van der Waals surface area contributed by atoms with Crippen molar-refractivity contribution < 1.29 is 23.1 Å². The van der Waals surface area contributed by atoms with Gasteiger partial charge in [0.25, 0.3) is 5.91 Å². The van der Waals surface area contributed by atoms with Crippen LogP contribution in [-0.4, -0.2) is 23.0 Å². The maximum atomic E-state index is 13.6. The van der Waals surface area contributed by atoms with Crippen LogP contribution in [0.5, 0.6) is 0 Å². The van der Waals surface area contributed by atoms with E-state index in [9.17, 15) is 18.4 Å². The molecule has 0 aliphatic rings. The van der Waals surface area contributed by atoms with Crippen molar-refractivity contribution in [3.8, 4) is 0 Å². The third kappa shape index (κ3) is 3.72. The zero-order valence-electron chi connectivity index (χ0n) is 13.9. The number of carbonyl (C=O) groups excluding carboxylic acids is 2. The molecule has 1 atom stereocenters. The van der Waals surface area contributed by atoms with E-state index in [-0.39, 0.29) is 6.42 Å². The normalized spacial score (nSPS) is 12.0. The first-order chi connectivity index (χ1) is 12.5. The number of amides is 1. The predicted octanol–water partition coefficient (Wildman–Crippen LogP) is 3.56. The highest BCUT2D eigenvalue weighted by molar-refractivity contribution is 5.95. The number of fused-ring (bicyclic) bond motifs is 1. The molecule has 0 spiro atoms. The first-order valence-corrected chi connectivity index (χ1v) is 7.95. The van der Waals surface area contributed by atoms with Crippen LogP contribution in [0.4, 0.5) is 14.5 Å². The van der Waals surface area contributed by atoms with Gasteiger partial charge in [0.15, 0.2) is 6.10 Å². The Kier molecular flexibility index (Phi) is 4.97. The van der Waals surface area contributed by atoms with Crippen LogP contribution in [0.25, 0.3) is 10.9 Å². The Bertz CT molecular complexity index is 948. The van der Waals surface area contributed by atoms with Crippen molar-refractivity contribution >= 4 is 28.5 Å². The molecule has 1 aromatic heterocycles. The smallest absolute Gasteiger partial charge is 0.311 e. The van der Waals surface area contributed by atoms with Gasteiger partial charge in [0.2, 0.25) is 0 Å². The average Bonchev–Trinajstić information content (AvgIpc) is 3.01. The number of aromatic nitrogens is 1. The largest absolute Gasteiger partial charge is 0.452 e. The maximum Gasteiger partial charge on any atom is 0.311 e. The summed E-state index contributed by atoms with van der Waals surface area (Å²) in [7, 11) is 0. The van der Waals surface area contributed by atoms with Crippen molar-refractivity contribution in [2.24, 2.45) is 0 Å². The SMILES string of the molecule is CC(OC(=O)Cc1c[nH]c2ccccc12)C(=O)Nc1c(F)cccc1F. The Balaban J connectivity index is 1.63. The number of benzene rings is 2. The molecule has 26 heavy (non-hydrogen) atoms. The van der Waals surface area contributed by atoms with Crippen LogP contribution in [0, 0.1) is 11.6 Å². The van der Waals surface area contributed by atoms with E-state index in [1.165, 1.54) is 13.0 Å². The minimum Gasteiger partial charge on any atom is -0.452 e. The number of halogens is 2. The first kappa shape index (κ1) is 17.6. The van der Waals surface area contributed by atoms with Crippen molar-refractivity contribution in [1.29, 1.82) is 0 Å². The fraction of sp³-hybridized carbons (Fsp3) is 0.158. The number of hydrogen-bond donors (Lipinski definition) is 2. The molecule has 0 fully saturated rings.